The summed E-state index contributed by atoms with van der Waals surface area (Å²) in [6, 6.07) is 0. The summed E-state index contributed by atoms with van der Waals surface area (Å²) in [5.74, 6) is -1.42. The van der Waals surface area contributed by atoms with Crippen molar-refractivity contribution in [3.05, 3.63) is 36.5 Å². The molecule has 0 aromatic carbocycles. The lowest BCUT2D eigenvalue weighted by atomic mass is 9.99. The maximum Gasteiger partial charge on any atom is 0.508 e. The van der Waals surface area contributed by atoms with Crippen molar-refractivity contribution in [2.75, 3.05) is 65.9 Å². The van der Waals surface area contributed by atoms with Crippen LogP contribution in [0, 0.1) is 11.8 Å². The number of allylic oxidation sites excluding steroid dienone is 5. The van der Waals surface area contributed by atoms with Crippen LogP contribution in [0.1, 0.15) is 169 Å². The number of hydrogen-bond donors (Lipinski definition) is 0. The second kappa shape index (κ2) is 40.8. The molecule has 0 bridgehead atoms. The highest BCUT2D eigenvalue weighted by atomic mass is 16.7. The molecule has 0 amide bonds. The molecule has 352 valence electrons. The number of carbonyl (C=O) groups excluding carboxylic acids is 4. The highest BCUT2D eigenvalue weighted by molar-refractivity contribution is 5.70. The maximum absolute atomic E-state index is 13.0. The number of ether oxygens (including phenoxy) is 7. The van der Waals surface area contributed by atoms with Gasteiger partial charge in [-0.05, 0) is 109 Å². The zero-order valence-electron chi connectivity index (χ0n) is 38.8. The minimum Gasteiger partial charge on any atom is -0.465 e. The highest BCUT2D eigenvalue weighted by Gasteiger charge is 2.23. The molecule has 1 saturated heterocycles. The number of likely N-dealkylation sites (tertiary alicyclic amines) is 1. The number of unbranched alkanes of at least 4 members (excludes halogenated alkanes) is 9. The molecule has 0 saturated carbocycles. The molecule has 1 aliphatic heterocycles. The first kappa shape index (κ1) is 55.8. The van der Waals surface area contributed by atoms with Crippen molar-refractivity contribution in [3.8, 4) is 0 Å². The van der Waals surface area contributed by atoms with E-state index in [-0.39, 0.29) is 51.2 Å². The number of carbonyl (C=O) groups is 4. The van der Waals surface area contributed by atoms with Crippen LogP contribution in [0.25, 0.3) is 0 Å². The Morgan fingerprint density at radius 1 is 0.574 bits per heavy atom. The lowest BCUT2D eigenvalue weighted by Crippen LogP contribution is -2.37. The molecule has 12 nitrogen and oxygen atoms in total. The van der Waals surface area contributed by atoms with Crippen molar-refractivity contribution in [2.45, 2.75) is 175 Å². The molecule has 0 aliphatic carbocycles. The van der Waals surface area contributed by atoms with Crippen molar-refractivity contribution < 1.29 is 52.3 Å². The number of piperidine rings is 1. The van der Waals surface area contributed by atoms with E-state index in [1.54, 1.807) is 0 Å². The molecule has 1 rings (SSSR count). The topological polar surface area (TPSA) is 136 Å². The summed E-state index contributed by atoms with van der Waals surface area (Å²) in [6.07, 6.45) is 29.7. The zero-order valence-corrected chi connectivity index (χ0v) is 38.8. The molecule has 0 aromatic heterocycles. The van der Waals surface area contributed by atoms with Gasteiger partial charge < -0.3 is 38.1 Å². The Morgan fingerprint density at radius 3 is 1.74 bits per heavy atom. The normalized spacial score (nSPS) is 15.2. The molecule has 0 spiro atoms. The van der Waals surface area contributed by atoms with E-state index >= 15 is 0 Å². The molecule has 0 aromatic rings. The predicted molar refractivity (Wildman–Crippen MR) is 241 cm³/mol. The number of hydrogen-bond acceptors (Lipinski definition) is 12. The average molecular weight is 864 g/mol. The second-order valence-electron chi connectivity index (χ2n) is 16.0. The molecule has 1 fully saturated rings. The van der Waals surface area contributed by atoms with Gasteiger partial charge in [-0.1, -0.05) is 83.4 Å². The Morgan fingerprint density at radius 2 is 1.13 bits per heavy atom. The van der Waals surface area contributed by atoms with Crippen molar-refractivity contribution in [1.29, 1.82) is 0 Å². The van der Waals surface area contributed by atoms with Crippen LogP contribution >= 0.6 is 0 Å². The lowest BCUT2D eigenvalue weighted by molar-refractivity contribution is -0.161. The molecule has 0 radical (unpaired) electrons. The van der Waals surface area contributed by atoms with E-state index in [0.29, 0.717) is 58.3 Å². The van der Waals surface area contributed by atoms with E-state index in [2.05, 4.69) is 69.1 Å². The van der Waals surface area contributed by atoms with E-state index in [1.165, 1.54) is 19.3 Å². The van der Waals surface area contributed by atoms with E-state index in [9.17, 15) is 19.2 Å². The zero-order chi connectivity index (χ0) is 44.4. The number of nitrogens with zero attached hydrogens (tertiary/aromatic N) is 1. The molecular weight excluding hydrogens is 779 g/mol. The number of rotatable bonds is 39. The molecule has 2 atom stereocenters. The quantitative estimate of drug-likeness (QED) is 0.0191. The fraction of sp³-hybridized carbons (Fsp3) is 0.796. The second-order valence-corrected chi connectivity index (χ2v) is 16.0. The minimum atomic E-state index is -0.798. The smallest absolute Gasteiger partial charge is 0.465 e. The van der Waals surface area contributed by atoms with Gasteiger partial charge >= 0.3 is 24.1 Å². The Kier molecular flexibility index (Phi) is 37.3. The van der Waals surface area contributed by atoms with Gasteiger partial charge in [0.25, 0.3) is 0 Å². The van der Waals surface area contributed by atoms with Gasteiger partial charge in [-0.25, -0.2) is 4.79 Å². The fourth-order valence-electron chi connectivity index (χ4n) is 6.65. The average Bonchev–Trinajstić information content (AvgIpc) is 3.27. The van der Waals surface area contributed by atoms with Gasteiger partial charge in [0.15, 0.2) is 6.29 Å². The van der Waals surface area contributed by atoms with E-state index in [4.69, 9.17) is 33.2 Å². The van der Waals surface area contributed by atoms with Crippen LogP contribution in [0.3, 0.4) is 0 Å². The Bertz CT molecular complexity index is 1170. The minimum absolute atomic E-state index is 0.0818. The largest absolute Gasteiger partial charge is 0.508 e. The van der Waals surface area contributed by atoms with E-state index in [0.717, 1.165) is 90.3 Å². The summed E-state index contributed by atoms with van der Waals surface area (Å²) in [4.78, 5) is 52.6. The van der Waals surface area contributed by atoms with E-state index < -0.39 is 30.3 Å². The van der Waals surface area contributed by atoms with Gasteiger partial charge in [0.05, 0.1) is 25.6 Å². The van der Waals surface area contributed by atoms with Crippen LogP contribution in [0.15, 0.2) is 36.5 Å². The first-order valence-electron chi connectivity index (χ1n) is 24.0. The molecule has 1 heterocycles. The molecule has 2 unspecified atom stereocenters. The van der Waals surface area contributed by atoms with Crippen molar-refractivity contribution in [1.82, 2.24) is 4.90 Å². The summed E-state index contributed by atoms with van der Waals surface area (Å²) >= 11 is 0. The maximum atomic E-state index is 13.0. The van der Waals surface area contributed by atoms with Crippen molar-refractivity contribution in [3.63, 3.8) is 0 Å². The van der Waals surface area contributed by atoms with Gasteiger partial charge in [0.2, 0.25) is 0 Å². The Balaban J connectivity index is 2.59. The van der Waals surface area contributed by atoms with Crippen LogP contribution in [-0.4, -0.2) is 101 Å². The molecule has 12 heteroatoms. The summed E-state index contributed by atoms with van der Waals surface area (Å²) in [7, 11) is 0. The Labute approximate surface area is 369 Å². The van der Waals surface area contributed by atoms with Gasteiger partial charge in [-0.15, -0.1) is 0 Å². The predicted octanol–water partition coefficient (Wildman–Crippen LogP) is 11.0. The van der Waals surface area contributed by atoms with Crippen LogP contribution in [0.2, 0.25) is 0 Å². The van der Waals surface area contributed by atoms with Gasteiger partial charge in [-0.3, -0.25) is 14.4 Å². The number of esters is 3. The van der Waals surface area contributed by atoms with Crippen LogP contribution in [0.5, 0.6) is 0 Å². The standard InChI is InChI=1S/C49H85NO11/c1-5-9-12-15-18-21-25-35-55-45(51)30-23-22-24-31-46(52)58-40-44(42-61-49(54)60-39-43-29-28-34-50(8-4)38-43)41-59-47(53)32-33-48(56-36-26-19-16-13-10-6-2)57-37-27-20-17-14-11-7-3/h10-11,13-14,18,21,43-44,48H,5-9,12,15-17,19-20,22-42H2,1-4H3/b13-10-,14-11-,21-18-. The Hall–Kier alpha value is -3.22. The third kappa shape index (κ3) is 35.0. The van der Waals surface area contributed by atoms with Crippen LogP contribution in [-0.2, 0) is 47.5 Å². The van der Waals surface area contributed by atoms with Crippen molar-refractivity contribution in [2.24, 2.45) is 11.8 Å². The molecule has 1 aliphatic rings. The van der Waals surface area contributed by atoms with Gasteiger partial charge in [0.1, 0.15) is 19.8 Å². The molecule has 61 heavy (non-hydrogen) atoms. The first-order valence-corrected chi connectivity index (χ1v) is 24.0. The third-order valence-electron chi connectivity index (χ3n) is 10.4. The fourth-order valence-corrected chi connectivity index (χ4v) is 6.65. The van der Waals surface area contributed by atoms with Gasteiger partial charge in [0, 0.05) is 44.9 Å². The lowest BCUT2D eigenvalue weighted by Gasteiger charge is -2.31. The summed E-state index contributed by atoms with van der Waals surface area (Å²) in [5, 5.41) is 0. The highest BCUT2D eigenvalue weighted by Crippen LogP contribution is 2.17. The third-order valence-corrected chi connectivity index (χ3v) is 10.4. The molecular formula is C49H85NO11. The SMILES string of the molecule is CC/C=C\CCCCOC(CCC(=O)OCC(COC(=O)CCCCCC(=O)OCC/C=C\CCCCC)COC(=O)OCC1CCCN(CC)C1)OCCCC/C=C\CC. The van der Waals surface area contributed by atoms with Crippen molar-refractivity contribution >= 4 is 24.1 Å². The molecule has 0 N–H and O–H groups in total. The monoisotopic (exact) mass is 864 g/mol. The van der Waals surface area contributed by atoms with Gasteiger partial charge in [-0.2, -0.15) is 0 Å². The summed E-state index contributed by atoms with van der Waals surface area (Å²) < 4.78 is 39.4. The van der Waals surface area contributed by atoms with Crippen LogP contribution < -0.4 is 0 Å². The summed E-state index contributed by atoms with van der Waals surface area (Å²) in [5.41, 5.74) is 0. The summed E-state index contributed by atoms with van der Waals surface area (Å²) in [6.45, 7) is 12.8. The van der Waals surface area contributed by atoms with E-state index in [1.807, 2.05) is 0 Å². The first-order chi connectivity index (χ1) is 29.8. The van der Waals surface area contributed by atoms with Crippen LogP contribution in [0.4, 0.5) is 4.79 Å².